The third-order valence-corrected chi connectivity index (χ3v) is 3.98. The van der Waals surface area contributed by atoms with Gasteiger partial charge in [0, 0.05) is 13.0 Å². The van der Waals surface area contributed by atoms with Crippen molar-refractivity contribution in [2.45, 2.75) is 38.5 Å². The lowest BCUT2D eigenvalue weighted by molar-refractivity contribution is -0.144. The molecule has 1 aliphatic rings. The van der Waals surface area contributed by atoms with E-state index in [9.17, 15) is 9.90 Å². The molecular formula is C12H19N3O2. The van der Waals surface area contributed by atoms with Crippen molar-refractivity contribution >= 4 is 5.97 Å². The molecule has 0 aromatic carbocycles. The molecule has 3 unspecified atom stereocenters. The first-order valence-corrected chi connectivity index (χ1v) is 6.20. The van der Waals surface area contributed by atoms with Crippen LogP contribution in [0.3, 0.4) is 0 Å². The standard InChI is InChI=1S/C12H19N3O2/c1-3-8-4-5-9(12(16)17)10(6-8)11-7-13-14-15(11)2/h7-10H,3-6H2,1-2H3,(H,16,17). The number of hydrogen-bond donors (Lipinski definition) is 1. The van der Waals surface area contributed by atoms with Crippen LogP contribution in [0.2, 0.25) is 0 Å². The molecule has 1 fully saturated rings. The van der Waals surface area contributed by atoms with Gasteiger partial charge in [0.15, 0.2) is 0 Å². The Balaban J connectivity index is 2.25. The van der Waals surface area contributed by atoms with Gasteiger partial charge in [0.25, 0.3) is 0 Å². The summed E-state index contributed by atoms with van der Waals surface area (Å²) in [5.74, 6) is -0.280. The van der Waals surface area contributed by atoms with Crippen LogP contribution in [0.15, 0.2) is 6.20 Å². The number of hydrogen-bond acceptors (Lipinski definition) is 3. The summed E-state index contributed by atoms with van der Waals surface area (Å²) >= 11 is 0. The summed E-state index contributed by atoms with van der Waals surface area (Å²) in [5.41, 5.74) is 0.954. The highest BCUT2D eigenvalue weighted by Crippen LogP contribution is 2.41. The Kier molecular flexibility index (Phi) is 3.45. The summed E-state index contributed by atoms with van der Waals surface area (Å²) in [4.78, 5) is 11.3. The van der Waals surface area contributed by atoms with E-state index in [-0.39, 0.29) is 11.8 Å². The van der Waals surface area contributed by atoms with E-state index >= 15 is 0 Å². The Labute approximate surface area is 101 Å². The van der Waals surface area contributed by atoms with Gasteiger partial charge >= 0.3 is 5.97 Å². The fourth-order valence-electron chi connectivity index (χ4n) is 2.88. The fourth-order valence-corrected chi connectivity index (χ4v) is 2.88. The van der Waals surface area contributed by atoms with Gasteiger partial charge in [0.05, 0.1) is 17.8 Å². The number of aromatic nitrogens is 3. The molecule has 1 heterocycles. The highest BCUT2D eigenvalue weighted by molar-refractivity contribution is 5.71. The first-order valence-electron chi connectivity index (χ1n) is 6.20. The molecule has 17 heavy (non-hydrogen) atoms. The molecule has 0 radical (unpaired) electrons. The van der Waals surface area contributed by atoms with Gasteiger partial charge in [0.2, 0.25) is 0 Å². The molecular weight excluding hydrogens is 218 g/mol. The van der Waals surface area contributed by atoms with Crippen LogP contribution in [0.5, 0.6) is 0 Å². The average molecular weight is 237 g/mol. The molecule has 1 aliphatic carbocycles. The molecule has 2 rings (SSSR count). The fraction of sp³-hybridized carbons (Fsp3) is 0.750. The van der Waals surface area contributed by atoms with Crippen LogP contribution in [0, 0.1) is 11.8 Å². The molecule has 0 spiro atoms. The molecule has 1 saturated carbocycles. The van der Waals surface area contributed by atoms with Gasteiger partial charge in [-0.2, -0.15) is 0 Å². The first kappa shape index (κ1) is 12.1. The number of carboxylic acids is 1. The Bertz CT molecular complexity index is 402. The Morgan fingerprint density at radius 2 is 2.35 bits per heavy atom. The van der Waals surface area contributed by atoms with Crippen molar-refractivity contribution in [2.75, 3.05) is 0 Å². The van der Waals surface area contributed by atoms with Crippen molar-refractivity contribution in [1.29, 1.82) is 0 Å². The second-order valence-electron chi connectivity index (χ2n) is 4.92. The maximum atomic E-state index is 11.3. The normalized spacial score (nSPS) is 29.2. The van der Waals surface area contributed by atoms with Crippen LogP contribution in [0.25, 0.3) is 0 Å². The minimum Gasteiger partial charge on any atom is -0.481 e. The lowest BCUT2D eigenvalue weighted by Gasteiger charge is -2.33. The first-order chi connectivity index (χ1) is 8.13. The summed E-state index contributed by atoms with van der Waals surface area (Å²) in [6, 6.07) is 0. The van der Waals surface area contributed by atoms with Crippen molar-refractivity contribution in [3.63, 3.8) is 0 Å². The molecule has 5 nitrogen and oxygen atoms in total. The molecule has 0 bridgehead atoms. The number of carbonyl (C=O) groups is 1. The van der Waals surface area contributed by atoms with Crippen LogP contribution in [-0.4, -0.2) is 26.1 Å². The lowest BCUT2D eigenvalue weighted by atomic mass is 9.72. The molecule has 1 aromatic rings. The lowest BCUT2D eigenvalue weighted by Crippen LogP contribution is -2.30. The van der Waals surface area contributed by atoms with Crippen molar-refractivity contribution in [2.24, 2.45) is 18.9 Å². The monoisotopic (exact) mass is 237 g/mol. The minimum absolute atomic E-state index is 0.0613. The van der Waals surface area contributed by atoms with Gasteiger partial charge in [0.1, 0.15) is 0 Å². The number of nitrogens with zero attached hydrogens (tertiary/aromatic N) is 3. The van der Waals surface area contributed by atoms with Gasteiger partial charge in [-0.05, 0) is 25.2 Å². The van der Waals surface area contributed by atoms with E-state index in [2.05, 4.69) is 17.2 Å². The number of aliphatic carboxylic acids is 1. The summed E-state index contributed by atoms with van der Waals surface area (Å²) in [7, 11) is 1.83. The molecule has 0 saturated heterocycles. The zero-order valence-corrected chi connectivity index (χ0v) is 10.3. The predicted octanol–water partition coefficient (Wildman–Crippen LogP) is 1.81. The molecule has 3 atom stereocenters. The second kappa shape index (κ2) is 4.85. The van der Waals surface area contributed by atoms with E-state index in [1.165, 1.54) is 0 Å². The van der Waals surface area contributed by atoms with Gasteiger partial charge in [-0.1, -0.05) is 18.6 Å². The van der Waals surface area contributed by atoms with E-state index in [4.69, 9.17) is 0 Å². The van der Waals surface area contributed by atoms with Crippen molar-refractivity contribution < 1.29 is 9.90 Å². The Morgan fingerprint density at radius 1 is 1.59 bits per heavy atom. The van der Waals surface area contributed by atoms with Gasteiger partial charge in [-0.25, -0.2) is 0 Å². The zero-order chi connectivity index (χ0) is 12.4. The van der Waals surface area contributed by atoms with Gasteiger partial charge in [-0.15, -0.1) is 5.10 Å². The van der Waals surface area contributed by atoms with Crippen LogP contribution < -0.4 is 0 Å². The topological polar surface area (TPSA) is 68.0 Å². The SMILES string of the molecule is CCC1CCC(C(=O)O)C(c2cnnn2C)C1. The van der Waals surface area contributed by atoms with E-state index in [1.54, 1.807) is 10.9 Å². The van der Waals surface area contributed by atoms with Crippen LogP contribution in [-0.2, 0) is 11.8 Å². The van der Waals surface area contributed by atoms with Crippen LogP contribution in [0.1, 0.15) is 44.2 Å². The van der Waals surface area contributed by atoms with Gasteiger partial charge < -0.3 is 5.11 Å². The largest absolute Gasteiger partial charge is 0.481 e. The smallest absolute Gasteiger partial charge is 0.307 e. The quantitative estimate of drug-likeness (QED) is 0.870. The predicted molar refractivity (Wildman–Crippen MR) is 62.5 cm³/mol. The van der Waals surface area contributed by atoms with Crippen molar-refractivity contribution in [3.05, 3.63) is 11.9 Å². The van der Waals surface area contributed by atoms with Crippen molar-refractivity contribution in [3.8, 4) is 0 Å². The Morgan fingerprint density at radius 3 is 2.88 bits per heavy atom. The van der Waals surface area contributed by atoms with Crippen LogP contribution >= 0.6 is 0 Å². The maximum Gasteiger partial charge on any atom is 0.307 e. The molecule has 1 N–H and O–H groups in total. The number of carboxylic acid groups (broad SMARTS) is 1. The maximum absolute atomic E-state index is 11.3. The molecule has 0 aliphatic heterocycles. The molecule has 0 amide bonds. The van der Waals surface area contributed by atoms with E-state index in [0.717, 1.165) is 31.4 Å². The minimum atomic E-state index is -0.689. The molecule has 94 valence electrons. The third kappa shape index (κ3) is 2.33. The van der Waals surface area contributed by atoms with Gasteiger partial charge in [-0.3, -0.25) is 9.48 Å². The third-order valence-electron chi connectivity index (χ3n) is 3.98. The number of rotatable bonds is 3. The number of aryl methyl sites for hydroxylation is 1. The molecule has 1 aromatic heterocycles. The highest BCUT2D eigenvalue weighted by atomic mass is 16.4. The van der Waals surface area contributed by atoms with E-state index < -0.39 is 5.97 Å². The molecule has 5 heteroatoms. The highest BCUT2D eigenvalue weighted by Gasteiger charge is 2.36. The second-order valence-corrected chi connectivity index (χ2v) is 4.92. The summed E-state index contributed by atoms with van der Waals surface area (Å²) in [6.45, 7) is 2.17. The van der Waals surface area contributed by atoms with Crippen LogP contribution in [0.4, 0.5) is 0 Å². The van der Waals surface area contributed by atoms with Crippen molar-refractivity contribution in [1.82, 2.24) is 15.0 Å². The Hall–Kier alpha value is -1.39. The summed E-state index contributed by atoms with van der Waals surface area (Å²) < 4.78 is 1.71. The summed E-state index contributed by atoms with van der Waals surface area (Å²) in [5, 5.41) is 17.1. The average Bonchev–Trinajstić information content (AvgIpc) is 2.74. The van der Waals surface area contributed by atoms with E-state index in [1.807, 2.05) is 7.05 Å². The zero-order valence-electron chi connectivity index (χ0n) is 10.3. The van der Waals surface area contributed by atoms with E-state index in [0.29, 0.717) is 5.92 Å². The summed E-state index contributed by atoms with van der Waals surface area (Å²) in [6.07, 6.45) is 5.56.